The van der Waals surface area contributed by atoms with Crippen LogP contribution in [0.3, 0.4) is 0 Å². The van der Waals surface area contributed by atoms with Gasteiger partial charge in [-0.2, -0.15) is 0 Å². The molecule has 0 saturated carbocycles. The van der Waals surface area contributed by atoms with Gasteiger partial charge in [0.2, 0.25) is 5.91 Å². The lowest BCUT2D eigenvalue weighted by molar-refractivity contribution is -0.122. The standard InChI is InChI=1S/C11H24N2O2/c1-3-8-15-9-6-11(14)13-10(2)5-4-7-12/h10H,3-9,12H2,1-2H3,(H,13,14). The molecule has 1 atom stereocenters. The van der Waals surface area contributed by atoms with Crippen molar-refractivity contribution in [3.8, 4) is 0 Å². The molecule has 0 spiro atoms. The van der Waals surface area contributed by atoms with Crippen LogP contribution in [-0.4, -0.2) is 31.7 Å². The Morgan fingerprint density at radius 3 is 2.80 bits per heavy atom. The molecule has 3 N–H and O–H groups in total. The zero-order valence-electron chi connectivity index (χ0n) is 9.92. The highest BCUT2D eigenvalue weighted by atomic mass is 16.5. The van der Waals surface area contributed by atoms with Gasteiger partial charge in [0.15, 0.2) is 0 Å². The van der Waals surface area contributed by atoms with Crippen LogP contribution >= 0.6 is 0 Å². The van der Waals surface area contributed by atoms with E-state index in [1.54, 1.807) is 0 Å². The van der Waals surface area contributed by atoms with E-state index in [1.807, 2.05) is 6.92 Å². The average molecular weight is 216 g/mol. The van der Waals surface area contributed by atoms with Crippen LogP contribution in [0, 0.1) is 0 Å². The van der Waals surface area contributed by atoms with Crippen LogP contribution in [0.25, 0.3) is 0 Å². The van der Waals surface area contributed by atoms with Crippen molar-refractivity contribution >= 4 is 5.91 Å². The highest BCUT2D eigenvalue weighted by molar-refractivity contribution is 5.76. The number of amides is 1. The van der Waals surface area contributed by atoms with E-state index in [4.69, 9.17) is 10.5 Å². The summed E-state index contributed by atoms with van der Waals surface area (Å²) in [4.78, 5) is 11.4. The van der Waals surface area contributed by atoms with E-state index in [0.717, 1.165) is 25.9 Å². The molecule has 0 heterocycles. The number of hydrogen-bond donors (Lipinski definition) is 2. The van der Waals surface area contributed by atoms with E-state index in [1.165, 1.54) is 0 Å². The lowest BCUT2D eigenvalue weighted by Crippen LogP contribution is -2.33. The van der Waals surface area contributed by atoms with Crippen LogP contribution in [0.2, 0.25) is 0 Å². The smallest absolute Gasteiger partial charge is 0.222 e. The van der Waals surface area contributed by atoms with Crippen molar-refractivity contribution in [1.29, 1.82) is 0 Å². The van der Waals surface area contributed by atoms with Crippen LogP contribution in [0.4, 0.5) is 0 Å². The molecule has 0 aliphatic heterocycles. The molecule has 1 amide bonds. The molecule has 0 bridgehead atoms. The van der Waals surface area contributed by atoms with Gasteiger partial charge in [-0.15, -0.1) is 0 Å². The van der Waals surface area contributed by atoms with E-state index >= 15 is 0 Å². The summed E-state index contributed by atoms with van der Waals surface area (Å²) in [7, 11) is 0. The number of nitrogens with two attached hydrogens (primary N) is 1. The Hall–Kier alpha value is -0.610. The molecule has 0 aromatic carbocycles. The maximum atomic E-state index is 11.4. The third-order valence-electron chi connectivity index (χ3n) is 2.07. The van der Waals surface area contributed by atoms with Gasteiger partial charge in [-0.25, -0.2) is 0 Å². The molecule has 0 rings (SSSR count). The number of nitrogens with one attached hydrogen (secondary N) is 1. The molecular formula is C11H24N2O2. The number of carbonyl (C=O) groups excluding carboxylic acids is 1. The first-order chi connectivity index (χ1) is 7.20. The van der Waals surface area contributed by atoms with Crippen LogP contribution in [0.1, 0.15) is 39.5 Å². The van der Waals surface area contributed by atoms with E-state index in [9.17, 15) is 4.79 Å². The lowest BCUT2D eigenvalue weighted by atomic mass is 10.2. The van der Waals surface area contributed by atoms with Crippen LogP contribution in [0.15, 0.2) is 0 Å². The number of rotatable bonds is 9. The van der Waals surface area contributed by atoms with E-state index in [2.05, 4.69) is 12.2 Å². The lowest BCUT2D eigenvalue weighted by Gasteiger charge is -2.13. The SMILES string of the molecule is CCCOCCC(=O)NC(C)CCCN. The van der Waals surface area contributed by atoms with Gasteiger partial charge in [0.05, 0.1) is 6.61 Å². The molecule has 0 saturated heterocycles. The zero-order valence-corrected chi connectivity index (χ0v) is 9.92. The summed E-state index contributed by atoms with van der Waals surface area (Å²) in [5.41, 5.74) is 5.39. The summed E-state index contributed by atoms with van der Waals surface area (Å²) < 4.78 is 5.24. The van der Waals surface area contributed by atoms with Crippen molar-refractivity contribution in [2.75, 3.05) is 19.8 Å². The first-order valence-electron chi connectivity index (χ1n) is 5.77. The maximum Gasteiger partial charge on any atom is 0.222 e. The molecule has 4 nitrogen and oxygen atoms in total. The van der Waals surface area contributed by atoms with Gasteiger partial charge in [-0.3, -0.25) is 4.79 Å². The molecule has 0 aliphatic carbocycles. The highest BCUT2D eigenvalue weighted by Crippen LogP contribution is 1.95. The second-order valence-electron chi connectivity index (χ2n) is 3.76. The fourth-order valence-electron chi connectivity index (χ4n) is 1.25. The fourth-order valence-corrected chi connectivity index (χ4v) is 1.25. The molecule has 15 heavy (non-hydrogen) atoms. The summed E-state index contributed by atoms with van der Waals surface area (Å²) in [5, 5.41) is 2.92. The van der Waals surface area contributed by atoms with Crippen molar-refractivity contribution < 1.29 is 9.53 Å². The van der Waals surface area contributed by atoms with Crippen molar-refractivity contribution in [2.45, 2.75) is 45.6 Å². The third-order valence-corrected chi connectivity index (χ3v) is 2.07. The first-order valence-corrected chi connectivity index (χ1v) is 5.77. The van der Waals surface area contributed by atoms with E-state index in [-0.39, 0.29) is 11.9 Å². The first kappa shape index (κ1) is 14.4. The van der Waals surface area contributed by atoms with Crippen LogP contribution in [0.5, 0.6) is 0 Å². The largest absolute Gasteiger partial charge is 0.381 e. The minimum absolute atomic E-state index is 0.0654. The molecule has 0 radical (unpaired) electrons. The summed E-state index contributed by atoms with van der Waals surface area (Å²) in [6.07, 6.45) is 3.34. The van der Waals surface area contributed by atoms with Crippen molar-refractivity contribution in [2.24, 2.45) is 5.73 Å². The van der Waals surface area contributed by atoms with Crippen LogP contribution in [-0.2, 0) is 9.53 Å². The Labute approximate surface area is 92.6 Å². The van der Waals surface area contributed by atoms with Gasteiger partial charge in [-0.1, -0.05) is 6.92 Å². The second-order valence-corrected chi connectivity index (χ2v) is 3.76. The molecule has 0 aromatic rings. The molecule has 0 aliphatic rings. The zero-order chi connectivity index (χ0) is 11.5. The molecular weight excluding hydrogens is 192 g/mol. The van der Waals surface area contributed by atoms with E-state index in [0.29, 0.717) is 19.6 Å². The fraction of sp³-hybridized carbons (Fsp3) is 0.909. The highest BCUT2D eigenvalue weighted by Gasteiger charge is 2.06. The Morgan fingerprint density at radius 1 is 1.47 bits per heavy atom. The quantitative estimate of drug-likeness (QED) is 0.566. The molecule has 4 heteroatoms. The van der Waals surface area contributed by atoms with Crippen molar-refractivity contribution in [1.82, 2.24) is 5.32 Å². The maximum absolute atomic E-state index is 11.4. The minimum atomic E-state index is 0.0654. The van der Waals surface area contributed by atoms with Crippen LogP contribution < -0.4 is 11.1 Å². The van der Waals surface area contributed by atoms with Crippen molar-refractivity contribution in [3.05, 3.63) is 0 Å². The van der Waals surface area contributed by atoms with Gasteiger partial charge < -0.3 is 15.8 Å². The number of ether oxygens (including phenoxy) is 1. The van der Waals surface area contributed by atoms with Gasteiger partial charge in [0.1, 0.15) is 0 Å². The topological polar surface area (TPSA) is 64.3 Å². The molecule has 0 aromatic heterocycles. The Balaban J connectivity index is 3.38. The molecule has 0 fully saturated rings. The summed E-state index contributed by atoms with van der Waals surface area (Å²) in [6, 6.07) is 0.215. The Bertz CT molecular complexity index is 163. The number of carbonyl (C=O) groups is 1. The Morgan fingerprint density at radius 2 is 2.20 bits per heavy atom. The molecule has 1 unspecified atom stereocenters. The van der Waals surface area contributed by atoms with Crippen molar-refractivity contribution in [3.63, 3.8) is 0 Å². The normalized spacial score (nSPS) is 12.5. The van der Waals surface area contributed by atoms with Gasteiger partial charge >= 0.3 is 0 Å². The summed E-state index contributed by atoms with van der Waals surface area (Å²) in [6.45, 7) is 5.98. The third kappa shape index (κ3) is 9.69. The summed E-state index contributed by atoms with van der Waals surface area (Å²) >= 11 is 0. The monoisotopic (exact) mass is 216 g/mol. The van der Waals surface area contributed by atoms with Gasteiger partial charge in [-0.05, 0) is 32.7 Å². The predicted octanol–water partition coefficient (Wildman–Crippen LogP) is 1.05. The van der Waals surface area contributed by atoms with E-state index < -0.39 is 0 Å². The Kier molecular flexibility index (Phi) is 9.52. The second kappa shape index (κ2) is 9.93. The average Bonchev–Trinajstić information content (AvgIpc) is 2.21. The number of hydrogen-bond acceptors (Lipinski definition) is 3. The minimum Gasteiger partial charge on any atom is -0.381 e. The molecule has 90 valence electrons. The van der Waals surface area contributed by atoms with Gasteiger partial charge in [0, 0.05) is 19.1 Å². The predicted molar refractivity (Wildman–Crippen MR) is 61.6 cm³/mol. The summed E-state index contributed by atoms with van der Waals surface area (Å²) in [5.74, 6) is 0.0654. The van der Waals surface area contributed by atoms with Gasteiger partial charge in [0.25, 0.3) is 0 Å².